The minimum atomic E-state index is 0. The van der Waals surface area contributed by atoms with Crippen molar-refractivity contribution in [2.24, 2.45) is 13.0 Å². The zero-order chi connectivity index (χ0) is 13.0. The standard InChI is InChI=1S/C14H22N4.ClH/c1-12(2)10-18-11-13(8-16-18)7-15-9-14-5-4-6-17(14)3;/h4-6,8,11-12,15H,7,9-10H2,1-3H3;1H. The molecule has 0 bridgehead atoms. The zero-order valence-electron chi connectivity index (χ0n) is 11.8. The molecule has 0 aliphatic carbocycles. The van der Waals surface area contributed by atoms with Gasteiger partial charge in [0.1, 0.15) is 0 Å². The third-order valence-electron chi connectivity index (χ3n) is 2.93. The van der Waals surface area contributed by atoms with Gasteiger partial charge in [0.15, 0.2) is 0 Å². The maximum atomic E-state index is 4.36. The second-order valence-corrected chi connectivity index (χ2v) is 5.18. The molecule has 2 aromatic rings. The van der Waals surface area contributed by atoms with Gasteiger partial charge in [-0.15, -0.1) is 12.4 Å². The number of nitrogens with zero attached hydrogens (tertiary/aromatic N) is 3. The number of hydrogen-bond acceptors (Lipinski definition) is 2. The first-order chi connectivity index (χ1) is 8.65. The molecule has 1 N–H and O–H groups in total. The second-order valence-electron chi connectivity index (χ2n) is 5.18. The molecule has 4 nitrogen and oxygen atoms in total. The van der Waals surface area contributed by atoms with Gasteiger partial charge in [-0.3, -0.25) is 4.68 Å². The Balaban J connectivity index is 0.00000180. The summed E-state index contributed by atoms with van der Waals surface area (Å²) in [7, 11) is 2.07. The van der Waals surface area contributed by atoms with Crippen LogP contribution in [0, 0.1) is 5.92 Å². The van der Waals surface area contributed by atoms with Crippen molar-refractivity contribution in [3.8, 4) is 0 Å². The molecule has 0 unspecified atom stereocenters. The SMILES string of the molecule is CC(C)Cn1cc(CNCc2cccn2C)cn1.Cl. The number of aryl methyl sites for hydroxylation is 1. The molecule has 0 aromatic carbocycles. The highest BCUT2D eigenvalue weighted by Gasteiger charge is 2.01. The Hall–Kier alpha value is -1.26. The molecule has 5 heteroatoms. The lowest BCUT2D eigenvalue weighted by Gasteiger charge is -2.05. The molecule has 0 aliphatic rings. The molecular weight excluding hydrogens is 260 g/mol. The third kappa shape index (κ3) is 4.73. The molecule has 2 heterocycles. The highest BCUT2D eigenvalue weighted by Crippen LogP contribution is 2.03. The fourth-order valence-electron chi connectivity index (χ4n) is 1.99. The molecule has 0 saturated carbocycles. The third-order valence-corrected chi connectivity index (χ3v) is 2.93. The number of rotatable bonds is 6. The molecule has 2 aromatic heterocycles. The van der Waals surface area contributed by atoms with Crippen molar-refractivity contribution >= 4 is 12.4 Å². The molecule has 2 rings (SSSR count). The summed E-state index contributed by atoms with van der Waals surface area (Å²) in [4.78, 5) is 0. The largest absolute Gasteiger partial charge is 0.353 e. The van der Waals surface area contributed by atoms with Crippen LogP contribution in [0.25, 0.3) is 0 Å². The van der Waals surface area contributed by atoms with Crippen LogP contribution in [0.3, 0.4) is 0 Å². The summed E-state index contributed by atoms with van der Waals surface area (Å²) in [5.74, 6) is 0.633. The van der Waals surface area contributed by atoms with Crippen LogP contribution in [0.15, 0.2) is 30.7 Å². The van der Waals surface area contributed by atoms with Crippen molar-refractivity contribution in [1.82, 2.24) is 19.7 Å². The average molecular weight is 283 g/mol. The summed E-state index contributed by atoms with van der Waals surface area (Å²) in [6, 6.07) is 4.20. The Morgan fingerprint density at radius 1 is 1.32 bits per heavy atom. The molecule has 0 radical (unpaired) electrons. The lowest BCUT2D eigenvalue weighted by Crippen LogP contribution is -2.14. The van der Waals surface area contributed by atoms with Crippen molar-refractivity contribution in [3.63, 3.8) is 0 Å². The molecule has 0 spiro atoms. The predicted octanol–water partition coefficient (Wildman–Crippen LogP) is 2.59. The minimum absolute atomic E-state index is 0. The Bertz CT molecular complexity index is 487. The molecule has 0 aliphatic heterocycles. The van der Waals surface area contributed by atoms with E-state index < -0.39 is 0 Å². The van der Waals surface area contributed by atoms with E-state index >= 15 is 0 Å². The number of hydrogen-bond donors (Lipinski definition) is 1. The van der Waals surface area contributed by atoms with Crippen molar-refractivity contribution in [2.75, 3.05) is 0 Å². The van der Waals surface area contributed by atoms with Gasteiger partial charge in [-0.25, -0.2) is 0 Å². The molecule has 0 atom stereocenters. The lowest BCUT2D eigenvalue weighted by atomic mass is 10.2. The fraction of sp³-hybridized carbons (Fsp3) is 0.500. The van der Waals surface area contributed by atoms with E-state index in [0.717, 1.165) is 19.6 Å². The smallest absolute Gasteiger partial charge is 0.0534 e. The molecular formula is C14H23ClN4. The van der Waals surface area contributed by atoms with Gasteiger partial charge in [-0.1, -0.05) is 13.8 Å². The monoisotopic (exact) mass is 282 g/mol. The van der Waals surface area contributed by atoms with E-state index in [4.69, 9.17) is 0 Å². The molecule has 0 amide bonds. The highest BCUT2D eigenvalue weighted by molar-refractivity contribution is 5.85. The number of halogens is 1. The summed E-state index contributed by atoms with van der Waals surface area (Å²) in [5, 5.41) is 7.80. The zero-order valence-corrected chi connectivity index (χ0v) is 12.7. The maximum Gasteiger partial charge on any atom is 0.0534 e. The normalized spacial score (nSPS) is 10.7. The predicted molar refractivity (Wildman–Crippen MR) is 80.3 cm³/mol. The first-order valence-electron chi connectivity index (χ1n) is 6.47. The second kappa shape index (κ2) is 7.36. The summed E-state index contributed by atoms with van der Waals surface area (Å²) in [5.41, 5.74) is 2.54. The lowest BCUT2D eigenvalue weighted by molar-refractivity contribution is 0.482. The van der Waals surface area contributed by atoms with Crippen LogP contribution in [-0.2, 0) is 26.7 Å². The molecule has 19 heavy (non-hydrogen) atoms. The van der Waals surface area contributed by atoms with Crippen LogP contribution < -0.4 is 5.32 Å². The van der Waals surface area contributed by atoms with E-state index in [1.54, 1.807) is 0 Å². The summed E-state index contributed by atoms with van der Waals surface area (Å²) >= 11 is 0. The van der Waals surface area contributed by atoms with Crippen molar-refractivity contribution in [2.45, 2.75) is 33.5 Å². The Kier molecular flexibility index (Phi) is 6.12. The summed E-state index contributed by atoms with van der Waals surface area (Å²) in [6.45, 7) is 7.14. The van der Waals surface area contributed by atoms with Crippen LogP contribution in [-0.4, -0.2) is 14.3 Å². The topological polar surface area (TPSA) is 34.8 Å². The van der Waals surface area contributed by atoms with Crippen LogP contribution >= 0.6 is 12.4 Å². The van der Waals surface area contributed by atoms with E-state index in [2.05, 4.69) is 60.4 Å². The van der Waals surface area contributed by atoms with Gasteiger partial charge < -0.3 is 9.88 Å². The Morgan fingerprint density at radius 3 is 2.74 bits per heavy atom. The van der Waals surface area contributed by atoms with E-state index in [9.17, 15) is 0 Å². The van der Waals surface area contributed by atoms with E-state index in [-0.39, 0.29) is 12.4 Å². The van der Waals surface area contributed by atoms with Gasteiger partial charge in [0.05, 0.1) is 6.20 Å². The molecule has 0 fully saturated rings. The van der Waals surface area contributed by atoms with Crippen LogP contribution in [0.4, 0.5) is 0 Å². The van der Waals surface area contributed by atoms with Gasteiger partial charge in [0.25, 0.3) is 0 Å². The highest BCUT2D eigenvalue weighted by atomic mass is 35.5. The average Bonchev–Trinajstić information content (AvgIpc) is 2.89. The molecule has 0 saturated heterocycles. The van der Waals surface area contributed by atoms with Crippen molar-refractivity contribution in [1.29, 1.82) is 0 Å². The maximum absolute atomic E-state index is 4.36. The number of nitrogens with one attached hydrogen (secondary N) is 1. The minimum Gasteiger partial charge on any atom is -0.353 e. The number of aromatic nitrogens is 3. The van der Waals surface area contributed by atoms with E-state index in [1.165, 1.54) is 11.3 Å². The quantitative estimate of drug-likeness (QED) is 0.884. The van der Waals surface area contributed by atoms with Gasteiger partial charge in [-0.2, -0.15) is 5.10 Å². The van der Waals surface area contributed by atoms with Gasteiger partial charge in [0.2, 0.25) is 0 Å². The van der Waals surface area contributed by atoms with Crippen molar-refractivity contribution in [3.05, 3.63) is 42.0 Å². The van der Waals surface area contributed by atoms with Crippen LogP contribution in [0.5, 0.6) is 0 Å². The summed E-state index contributed by atoms with van der Waals surface area (Å²) in [6.07, 6.45) is 6.13. The van der Waals surface area contributed by atoms with Crippen LogP contribution in [0.2, 0.25) is 0 Å². The first-order valence-corrected chi connectivity index (χ1v) is 6.47. The van der Waals surface area contributed by atoms with Crippen molar-refractivity contribution < 1.29 is 0 Å². The van der Waals surface area contributed by atoms with E-state index in [0.29, 0.717) is 5.92 Å². The van der Waals surface area contributed by atoms with Gasteiger partial charge >= 0.3 is 0 Å². The van der Waals surface area contributed by atoms with E-state index in [1.807, 2.05) is 10.9 Å². The molecule has 106 valence electrons. The Morgan fingerprint density at radius 2 is 2.11 bits per heavy atom. The first kappa shape index (κ1) is 15.8. The van der Waals surface area contributed by atoms with Crippen LogP contribution in [0.1, 0.15) is 25.1 Å². The summed E-state index contributed by atoms with van der Waals surface area (Å²) < 4.78 is 4.15. The van der Waals surface area contributed by atoms with Gasteiger partial charge in [-0.05, 0) is 18.1 Å². The Labute approximate surface area is 121 Å². The van der Waals surface area contributed by atoms with Gasteiger partial charge in [0, 0.05) is 50.3 Å². The fourth-order valence-corrected chi connectivity index (χ4v) is 1.99.